The van der Waals surface area contributed by atoms with E-state index in [1.165, 1.54) is 11.0 Å². The minimum atomic E-state index is -1.08. The molecule has 0 bridgehead atoms. The number of likely N-dealkylation sites (tertiary alicyclic amines) is 1. The molecule has 1 unspecified atom stereocenters. The molecule has 3 rings (SSSR count). The molecule has 1 aliphatic heterocycles. The van der Waals surface area contributed by atoms with Crippen LogP contribution >= 0.6 is 0 Å². The first-order valence-electron chi connectivity index (χ1n) is 15.3. The zero-order chi connectivity index (χ0) is 31.2. The summed E-state index contributed by atoms with van der Waals surface area (Å²) in [4.78, 5) is 79.9. The summed E-state index contributed by atoms with van der Waals surface area (Å²) in [5.74, 6) is -2.48. The smallest absolute Gasteiger partial charge is 0.408 e. The maximum Gasteiger partial charge on any atom is 0.408 e. The number of hydrogen-bond donors (Lipinski definition) is 3. The number of carbonyl (C=O) groups is 6. The molecule has 1 heterocycles. The van der Waals surface area contributed by atoms with Gasteiger partial charge in [-0.25, -0.2) is 4.79 Å². The zero-order valence-electron chi connectivity index (χ0n) is 25.9. The lowest BCUT2D eigenvalue weighted by molar-refractivity contribution is -0.143. The third kappa shape index (κ3) is 9.39. The van der Waals surface area contributed by atoms with Crippen LogP contribution in [0.25, 0.3) is 0 Å². The Bertz CT molecular complexity index is 1090. The Kier molecular flexibility index (Phi) is 11.3. The van der Waals surface area contributed by atoms with Gasteiger partial charge in [-0.1, -0.05) is 25.3 Å². The summed E-state index contributed by atoms with van der Waals surface area (Å²) in [5, 5.41) is 8.13. The van der Waals surface area contributed by atoms with E-state index >= 15 is 0 Å². The summed E-state index contributed by atoms with van der Waals surface area (Å²) in [6, 6.07) is -2.91. The van der Waals surface area contributed by atoms with Gasteiger partial charge in [-0.15, -0.1) is 0 Å². The number of fused-ring (bicyclic) bond motifs is 1. The summed E-state index contributed by atoms with van der Waals surface area (Å²) >= 11 is 0. The molecule has 5 atom stereocenters. The molecule has 11 nitrogen and oxygen atoms in total. The van der Waals surface area contributed by atoms with Gasteiger partial charge in [0.2, 0.25) is 17.6 Å². The highest BCUT2D eigenvalue weighted by molar-refractivity contribution is 6.38. The molecule has 1 saturated heterocycles. The maximum absolute atomic E-state index is 14.0. The Morgan fingerprint density at radius 2 is 1.64 bits per heavy atom. The predicted molar refractivity (Wildman–Crippen MR) is 156 cm³/mol. The van der Waals surface area contributed by atoms with E-state index in [0.717, 1.165) is 37.7 Å². The van der Waals surface area contributed by atoms with Gasteiger partial charge in [-0.05, 0) is 91.1 Å². The van der Waals surface area contributed by atoms with Crippen molar-refractivity contribution in [3.63, 3.8) is 0 Å². The zero-order valence-corrected chi connectivity index (χ0v) is 25.9. The van der Waals surface area contributed by atoms with Crippen molar-refractivity contribution < 1.29 is 33.5 Å². The van der Waals surface area contributed by atoms with E-state index in [9.17, 15) is 28.8 Å². The Morgan fingerprint density at radius 1 is 0.952 bits per heavy atom. The number of rotatable bonds is 13. The molecule has 0 aromatic heterocycles. The largest absolute Gasteiger partial charge is 0.444 e. The molecular weight excluding hydrogens is 540 g/mol. The molecule has 0 aromatic rings. The number of nitrogens with one attached hydrogen (secondary N) is 3. The van der Waals surface area contributed by atoms with E-state index < -0.39 is 53.3 Å². The standard InChI is InChI=1S/C31H48N4O7/c1-7-9-23(26(37)28(39)32-20-12-13-20)33-27(38)25-22-11-8-10-19(22)17-35(25)29(40)24(15-14-21(36)16-18(2)3)34-30(41)42-31(4,5)6/h16,19-20,22-25H,7-15,17H2,1-6H3,(H,32,39)(H,33,38)(H,34,41)/t19-,22-,23-,24-,25?/m0/s1. The maximum atomic E-state index is 14.0. The highest BCUT2D eigenvalue weighted by atomic mass is 16.6. The van der Waals surface area contributed by atoms with Crippen LogP contribution in [0.1, 0.15) is 99.3 Å². The quantitative estimate of drug-likeness (QED) is 0.221. The van der Waals surface area contributed by atoms with Crippen LogP contribution in [0.2, 0.25) is 0 Å². The number of Topliss-reactive ketones (excluding diaryl/α,β-unsaturated/α-hetero) is 1. The minimum Gasteiger partial charge on any atom is -0.444 e. The summed E-state index contributed by atoms with van der Waals surface area (Å²) in [7, 11) is 0. The highest BCUT2D eigenvalue weighted by Crippen LogP contribution is 2.42. The summed E-state index contributed by atoms with van der Waals surface area (Å²) in [6.45, 7) is 10.9. The van der Waals surface area contributed by atoms with Crippen molar-refractivity contribution >= 4 is 35.4 Å². The van der Waals surface area contributed by atoms with Crippen molar-refractivity contribution in [1.29, 1.82) is 0 Å². The van der Waals surface area contributed by atoms with Gasteiger partial charge in [0, 0.05) is 19.0 Å². The van der Waals surface area contributed by atoms with Crippen molar-refractivity contribution in [3.8, 4) is 0 Å². The van der Waals surface area contributed by atoms with E-state index in [2.05, 4.69) is 16.0 Å². The van der Waals surface area contributed by atoms with Gasteiger partial charge >= 0.3 is 6.09 Å². The normalized spacial score (nSPS) is 22.8. The summed E-state index contributed by atoms with van der Waals surface area (Å²) in [5.41, 5.74) is 0.0315. The van der Waals surface area contributed by atoms with Crippen molar-refractivity contribution in [1.82, 2.24) is 20.9 Å². The van der Waals surface area contributed by atoms with Crippen molar-refractivity contribution in [3.05, 3.63) is 11.6 Å². The van der Waals surface area contributed by atoms with Crippen LogP contribution in [0.4, 0.5) is 4.79 Å². The number of carbonyl (C=O) groups excluding carboxylic acids is 6. The van der Waals surface area contributed by atoms with E-state index in [-0.39, 0.29) is 36.5 Å². The SMILES string of the molecule is CCC[C@H](NC(=O)C1[C@H]2CCC[C@H]2CN1C(=O)[C@H](CCC(=O)C=C(C)C)NC(=O)OC(C)(C)C)C(=O)C(=O)NC1CC1. The van der Waals surface area contributed by atoms with E-state index in [1.807, 2.05) is 6.92 Å². The number of alkyl carbamates (subject to hydrolysis) is 1. The van der Waals surface area contributed by atoms with Gasteiger partial charge < -0.3 is 25.6 Å². The molecule has 234 valence electrons. The average molecular weight is 589 g/mol. The lowest BCUT2D eigenvalue weighted by Gasteiger charge is -2.32. The predicted octanol–water partition coefficient (Wildman–Crippen LogP) is 2.95. The third-order valence-electron chi connectivity index (χ3n) is 7.91. The van der Waals surface area contributed by atoms with Crippen LogP contribution in [-0.2, 0) is 28.7 Å². The summed E-state index contributed by atoms with van der Waals surface area (Å²) in [6.07, 6.45) is 5.88. The van der Waals surface area contributed by atoms with Crippen LogP contribution in [0, 0.1) is 11.8 Å². The lowest BCUT2D eigenvalue weighted by atomic mass is 9.92. The molecule has 0 spiro atoms. The van der Waals surface area contributed by atoms with Crippen molar-refractivity contribution in [2.45, 2.75) is 129 Å². The fourth-order valence-corrected chi connectivity index (χ4v) is 5.91. The minimum absolute atomic E-state index is 0.0136. The first-order chi connectivity index (χ1) is 19.7. The molecule has 42 heavy (non-hydrogen) atoms. The second-order valence-electron chi connectivity index (χ2n) is 13.2. The molecule has 0 aromatic carbocycles. The number of allylic oxidation sites excluding steroid dienone is 2. The second-order valence-corrected chi connectivity index (χ2v) is 13.2. The van der Waals surface area contributed by atoms with Crippen LogP contribution in [0.15, 0.2) is 11.6 Å². The number of nitrogens with zero attached hydrogens (tertiary/aromatic N) is 1. The molecule has 3 aliphatic rings. The number of ketones is 2. The van der Waals surface area contributed by atoms with Crippen molar-refractivity contribution in [2.24, 2.45) is 11.8 Å². The van der Waals surface area contributed by atoms with Gasteiger partial charge in [0.25, 0.3) is 5.91 Å². The molecule has 2 saturated carbocycles. The average Bonchev–Trinajstić information content (AvgIpc) is 3.44. The number of amides is 4. The topological polar surface area (TPSA) is 151 Å². The summed E-state index contributed by atoms with van der Waals surface area (Å²) < 4.78 is 5.39. The van der Waals surface area contributed by atoms with Gasteiger partial charge in [0.05, 0.1) is 6.04 Å². The van der Waals surface area contributed by atoms with E-state index in [4.69, 9.17) is 4.74 Å². The van der Waals surface area contributed by atoms with E-state index in [1.54, 1.807) is 34.6 Å². The number of ether oxygens (including phenoxy) is 1. The first-order valence-corrected chi connectivity index (χ1v) is 15.3. The van der Waals surface area contributed by atoms with Gasteiger partial charge in [-0.2, -0.15) is 0 Å². The molecule has 11 heteroatoms. The molecule has 3 N–H and O–H groups in total. The van der Waals surface area contributed by atoms with Gasteiger partial charge in [0.1, 0.15) is 17.7 Å². The van der Waals surface area contributed by atoms with Gasteiger partial charge in [0.15, 0.2) is 5.78 Å². The van der Waals surface area contributed by atoms with Crippen LogP contribution in [0.5, 0.6) is 0 Å². The van der Waals surface area contributed by atoms with Crippen LogP contribution < -0.4 is 16.0 Å². The van der Waals surface area contributed by atoms with Crippen LogP contribution in [-0.4, -0.2) is 76.6 Å². The molecule has 2 aliphatic carbocycles. The Labute approximate surface area is 248 Å². The second kappa shape index (κ2) is 14.3. The molecular formula is C31H48N4O7. The molecule has 0 radical (unpaired) electrons. The molecule has 4 amide bonds. The third-order valence-corrected chi connectivity index (χ3v) is 7.91. The highest BCUT2D eigenvalue weighted by Gasteiger charge is 2.51. The lowest BCUT2D eigenvalue weighted by Crippen LogP contribution is -2.57. The Balaban J connectivity index is 1.81. The number of hydrogen-bond acceptors (Lipinski definition) is 7. The van der Waals surface area contributed by atoms with Crippen molar-refractivity contribution in [2.75, 3.05) is 6.54 Å². The van der Waals surface area contributed by atoms with E-state index in [0.29, 0.717) is 19.4 Å². The molecule has 3 fully saturated rings. The fourth-order valence-electron chi connectivity index (χ4n) is 5.91. The Hall–Kier alpha value is -3.24. The van der Waals surface area contributed by atoms with Crippen LogP contribution in [0.3, 0.4) is 0 Å². The van der Waals surface area contributed by atoms with Gasteiger partial charge in [-0.3, -0.25) is 24.0 Å². The monoisotopic (exact) mass is 588 g/mol. The Morgan fingerprint density at radius 3 is 2.24 bits per heavy atom. The fraction of sp³-hybridized carbons (Fsp3) is 0.742. The first kappa shape index (κ1) is 33.3.